The summed E-state index contributed by atoms with van der Waals surface area (Å²) >= 11 is 0. The summed E-state index contributed by atoms with van der Waals surface area (Å²) in [5.74, 6) is -0.190. The van der Waals surface area contributed by atoms with Crippen molar-refractivity contribution >= 4 is 29.3 Å². The first kappa shape index (κ1) is 24.5. The quantitative estimate of drug-likeness (QED) is 0.163. The molecule has 0 saturated carbocycles. The van der Waals surface area contributed by atoms with Gasteiger partial charge in [0, 0.05) is 29.2 Å². The molecule has 0 bridgehead atoms. The zero-order valence-corrected chi connectivity index (χ0v) is 20.8. The smallest absolute Gasteiger partial charge is 0.282 e. The Kier molecular flexibility index (Phi) is 6.49. The molecule has 4 aromatic rings. The SMILES string of the molecule is Cc1cc(/C=C2/C(=O)NN(c3ccccc3)C2=O)c(C)n1-c1ccc(OCc2ccc([N+](=O)[O-])cc2)cc1. The average Bonchev–Trinajstić information content (AvgIpc) is 3.37. The lowest BCUT2D eigenvalue weighted by Gasteiger charge is -2.13. The number of rotatable bonds is 7. The van der Waals surface area contributed by atoms with Crippen molar-refractivity contribution in [3.8, 4) is 11.4 Å². The molecule has 9 heteroatoms. The van der Waals surface area contributed by atoms with Gasteiger partial charge in [-0.25, -0.2) is 5.01 Å². The first-order chi connectivity index (χ1) is 18.3. The molecule has 1 aliphatic heterocycles. The second-order valence-corrected chi connectivity index (χ2v) is 8.84. The minimum atomic E-state index is -0.446. The molecule has 1 fully saturated rings. The third-order valence-corrected chi connectivity index (χ3v) is 6.32. The molecule has 0 atom stereocenters. The molecule has 38 heavy (non-hydrogen) atoms. The normalized spacial score (nSPS) is 14.2. The standard InChI is InChI=1S/C29H24N4O5/c1-19-16-22(17-27-28(34)30-32(29(27)35)24-6-4-3-5-7-24)20(2)31(19)23-12-14-26(15-13-23)38-18-21-8-10-25(11-9-21)33(36)37/h3-17H,18H2,1-2H3,(H,30,34)/b27-17-. The molecule has 0 radical (unpaired) electrons. The van der Waals surface area contributed by atoms with E-state index in [9.17, 15) is 19.7 Å². The summed E-state index contributed by atoms with van der Waals surface area (Å²) in [6, 6.07) is 24.7. The Hall–Kier alpha value is -5.18. The van der Waals surface area contributed by atoms with Gasteiger partial charge < -0.3 is 9.30 Å². The maximum Gasteiger partial charge on any atom is 0.282 e. The van der Waals surface area contributed by atoms with E-state index in [2.05, 4.69) is 5.43 Å². The Bertz CT molecular complexity index is 1560. The Morgan fingerprint density at radius 1 is 0.921 bits per heavy atom. The van der Waals surface area contributed by atoms with Crippen molar-refractivity contribution in [1.29, 1.82) is 0 Å². The summed E-state index contributed by atoms with van der Waals surface area (Å²) < 4.78 is 7.87. The fourth-order valence-electron chi connectivity index (χ4n) is 4.37. The monoisotopic (exact) mass is 508 g/mol. The van der Waals surface area contributed by atoms with Crippen molar-refractivity contribution in [2.24, 2.45) is 0 Å². The first-order valence-electron chi connectivity index (χ1n) is 11.9. The Morgan fingerprint density at radius 3 is 2.26 bits per heavy atom. The van der Waals surface area contributed by atoms with Gasteiger partial charge in [0.05, 0.1) is 10.6 Å². The van der Waals surface area contributed by atoms with E-state index in [4.69, 9.17) is 4.74 Å². The largest absolute Gasteiger partial charge is 0.489 e. The number of benzene rings is 3. The van der Waals surface area contributed by atoms with Gasteiger partial charge >= 0.3 is 0 Å². The van der Waals surface area contributed by atoms with Gasteiger partial charge in [-0.05, 0) is 85.6 Å². The summed E-state index contributed by atoms with van der Waals surface area (Å²) in [5.41, 5.74) is 7.66. The maximum atomic E-state index is 13.0. The molecule has 1 aliphatic rings. The summed E-state index contributed by atoms with van der Waals surface area (Å²) in [7, 11) is 0. The summed E-state index contributed by atoms with van der Waals surface area (Å²) in [5, 5.41) is 12.1. The molecule has 190 valence electrons. The van der Waals surface area contributed by atoms with Gasteiger partial charge in [-0.15, -0.1) is 0 Å². The molecule has 9 nitrogen and oxygen atoms in total. The van der Waals surface area contributed by atoms with Crippen LogP contribution >= 0.6 is 0 Å². The molecule has 2 heterocycles. The summed E-state index contributed by atoms with van der Waals surface area (Å²) in [4.78, 5) is 35.9. The highest BCUT2D eigenvalue weighted by atomic mass is 16.6. The van der Waals surface area contributed by atoms with E-state index < -0.39 is 16.7 Å². The number of anilines is 1. The first-order valence-corrected chi connectivity index (χ1v) is 11.9. The Labute approximate surface area is 218 Å². The molecule has 0 unspecified atom stereocenters. The van der Waals surface area contributed by atoms with Gasteiger partial charge in [0.15, 0.2) is 0 Å². The van der Waals surface area contributed by atoms with Crippen LogP contribution in [0.3, 0.4) is 0 Å². The van der Waals surface area contributed by atoms with Crippen molar-refractivity contribution in [1.82, 2.24) is 9.99 Å². The molecule has 0 aliphatic carbocycles. The van der Waals surface area contributed by atoms with Crippen LogP contribution in [0.15, 0.2) is 90.5 Å². The molecular formula is C29H24N4O5. The molecule has 1 aromatic heterocycles. The topological polar surface area (TPSA) is 107 Å². The van der Waals surface area contributed by atoms with Crippen molar-refractivity contribution in [3.05, 3.63) is 123 Å². The molecule has 5 rings (SSSR count). The van der Waals surface area contributed by atoms with Crippen molar-refractivity contribution < 1.29 is 19.2 Å². The number of nitro groups is 1. The van der Waals surface area contributed by atoms with Gasteiger partial charge in [-0.2, -0.15) is 0 Å². The van der Waals surface area contributed by atoms with E-state index in [1.54, 1.807) is 42.5 Å². The van der Waals surface area contributed by atoms with E-state index in [1.807, 2.05) is 54.8 Å². The minimum Gasteiger partial charge on any atom is -0.489 e. The number of non-ortho nitro benzene ring substituents is 1. The summed E-state index contributed by atoms with van der Waals surface area (Å²) in [6.07, 6.45) is 1.63. The highest BCUT2D eigenvalue weighted by Crippen LogP contribution is 2.27. The fraction of sp³-hybridized carbons (Fsp3) is 0.103. The van der Waals surface area contributed by atoms with Crippen LogP contribution in [-0.2, 0) is 16.2 Å². The van der Waals surface area contributed by atoms with Crippen molar-refractivity contribution in [2.45, 2.75) is 20.5 Å². The van der Waals surface area contributed by atoms with Crippen molar-refractivity contribution in [3.63, 3.8) is 0 Å². The molecule has 1 saturated heterocycles. The van der Waals surface area contributed by atoms with Crippen LogP contribution in [0, 0.1) is 24.0 Å². The number of hydrogen-bond donors (Lipinski definition) is 1. The molecule has 3 aromatic carbocycles. The zero-order chi connectivity index (χ0) is 26.8. The average molecular weight is 509 g/mol. The number of carbonyl (C=O) groups excluding carboxylic acids is 2. The number of nitrogens with zero attached hydrogens (tertiary/aromatic N) is 3. The van der Waals surface area contributed by atoms with Gasteiger partial charge in [0.2, 0.25) is 0 Å². The van der Waals surface area contributed by atoms with Crippen LogP contribution in [0.5, 0.6) is 5.75 Å². The van der Waals surface area contributed by atoms with E-state index in [0.717, 1.165) is 28.2 Å². The number of hydrogen-bond acceptors (Lipinski definition) is 5. The molecule has 0 spiro atoms. The lowest BCUT2D eigenvalue weighted by atomic mass is 10.1. The van der Waals surface area contributed by atoms with Crippen LogP contribution < -0.4 is 15.2 Å². The van der Waals surface area contributed by atoms with E-state index in [-0.39, 0.29) is 17.9 Å². The predicted octanol–water partition coefficient (Wildman–Crippen LogP) is 5.04. The van der Waals surface area contributed by atoms with Gasteiger partial charge in [-0.3, -0.25) is 25.1 Å². The number of para-hydroxylation sites is 1. The highest BCUT2D eigenvalue weighted by Gasteiger charge is 2.34. The van der Waals surface area contributed by atoms with Crippen LogP contribution in [0.2, 0.25) is 0 Å². The predicted molar refractivity (Wildman–Crippen MR) is 143 cm³/mol. The van der Waals surface area contributed by atoms with Gasteiger partial charge in [-0.1, -0.05) is 18.2 Å². The molecule has 2 amide bonds. The zero-order valence-electron chi connectivity index (χ0n) is 20.8. The maximum absolute atomic E-state index is 13.0. The lowest BCUT2D eigenvalue weighted by molar-refractivity contribution is -0.384. The lowest BCUT2D eigenvalue weighted by Crippen LogP contribution is -2.35. The summed E-state index contributed by atoms with van der Waals surface area (Å²) in [6.45, 7) is 4.18. The van der Waals surface area contributed by atoms with Gasteiger partial charge in [0.25, 0.3) is 17.5 Å². The number of nitro benzene ring substituents is 1. The Balaban J connectivity index is 1.32. The van der Waals surface area contributed by atoms with E-state index in [1.165, 1.54) is 17.1 Å². The second kappa shape index (κ2) is 10.1. The minimum absolute atomic E-state index is 0.0389. The van der Waals surface area contributed by atoms with Crippen LogP contribution in [0.25, 0.3) is 11.8 Å². The van der Waals surface area contributed by atoms with E-state index >= 15 is 0 Å². The number of ether oxygens (including phenoxy) is 1. The Morgan fingerprint density at radius 2 is 1.61 bits per heavy atom. The van der Waals surface area contributed by atoms with E-state index in [0.29, 0.717) is 11.4 Å². The number of carbonyl (C=O) groups is 2. The number of amides is 2. The molecule has 1 N–H and O–H groups in total. The van der Waals surface area contributed by atoms with Crippen LogP contribution in [-0.4, -0.2) is 21.3 Å². The van der Waals surface area contributed by atoms with Crippen molar-refractivity contribution in [2.75, 3.05) is 5.01 Å². The fourth-order valence-corrected chi connectivity index (χ4v) is 4.37. The highest BCUT2D eigenvalue weighted by molar-refractivity contribution is 6.31. The number of aryl methyl sites for hydroxylation is 1. The molecular weight excluding hydrogens is 484 g/mol. The van der Waals surface area contributed by atoms with Crippen LogP contribution in [0.1, 0.15) is 22.5 Å². The van der Waals surface area contributed by atoms with Gasteiger partial charge in [0.1, 0.15) is 17.9 Å². The third-order valence-electron chi connectivity index (χ3n) is 6.32. The number of hydrazine groups is 1. The number of aromatic nitrogens is 1. The second-order valence-electron chi connectivity index (χ2n) is 8.84. The third kappa shape index (κ3) is 4.77. The van der Waals surface area contributed by atoms with Crippen LogP contribution in [0.4, 0.5) is 11.4 Å². The number of nitrogens with one attached hydrogen (secondary N) is 1.